The highest BCUT2D eigenvalue weighted by molar-refractivity contribution is 5.85. The molecule has 0 aromatic heterocycles. The smallest absolute Gasteiger partial charge is 0.121 e. The molecular formula is C8H12ClNO2. The zero-order valence-corrected chi connectivity index (χ0v) is 7.38. The van der Waals surface area contributed by atoms with Crippen LogP contribution >= 0.6 is 12.4 Å². The highest BCUT2D eigenvalue weighted by Crippen LogP contribution is 2.13. The fourth-order valence-electron chi connectivity index (χ4n) is 0.768. The van der Waals surface area contributed by atoms with E-state index in [4.69, 9.17) is 15.6 Å². The number of benzene rings is 1. The van der Waals surface area contributed by atoms with Crippen molar-refractivity contribution in [3.63, 3.8) is 0 Å². The quantitative estimate of drug-likeness (QED) is 0.700. The molecule has 0 fully saturated rings. The van der Waals surface area contributed by atoms with Gasteiger partial charge in [0.15, 0.2) is 0 Å². The predicted molar refractivity (Wildman–Crippen MR) is 50.7 cm³/mol. The van der Waals surface area contributed by atoms with E-state index in [1.807, 2.05) is 6.07 Å². The fourth-order valence-corrected chi connectivity index (χ4v) is 0.768. The first-order valence-electron chi connectivity index (χ1n) is 3.42. The van der Waals surface area contributed by atoms with Gasteiger partial charge in [-0.15, -0.1) is 12.4 Å². The van der Waals surface area contributed by atoms with Gasteiger partial charge < -0.3 is 15.6 Å². The summed E-state index contributed by atoms with van der Waals surface area (Å²) in [6.45, 7) is 0.332. The van der Waals surface area contributed by atoms with E-state index in [1.165, 1.54) is 0 Å². The number of halogens is 1. The Morgan fingerprint density at radius 2 is 2.17 bits per heavy atom. The molecule has 0 atom stereocenters. The third-order valence-corrected chi connectivity index (χ3v) is 1.22. The standard InChI is InChI=1S/C8H11NO2.ClH/c9-7-2-1-3-8(6-7)11-5-4-10;/h1-3,6,10H,4-5,9H2;1H. The Bertz CT molecular complexity index is 230. The molecule has 0 aliphatic heterocycles. The van der Waals surface area contributed by atoms with Crippen molar-refractivity contribution < 1.29 is 9.84 Å². The fraction of sp³-hybridized carbons (Fsp3) is 0.250. The molecule has 0 radical (unpaired) electrons. The number of nitrogens with two attached hydrogens (primary N) is 1. The molecule has 1 rings (SSSR count). The van der Waals surface area contributed by atoms with Gasteiger partial charge in [0.05, 0.1) is 6.61 Å². The van der Waals surface area contributed by atoms with Crippen LogP contribution in [0.25, 0.3) is 0 Å². The van der Waals surface area contributed by atoms with Crippen LogP contribution in [0.4, 0.5) is 5.69 Å². The van der Waals surface area contributed by atoms with Gasteiger partial charge in [0.2, 0.25) is 0 Å². The molecule has 4 heteroatoms. The Morgan fingerprint density at radius 3 is 2.75 bits per heavy atom. The minimum atomic E-state index is 0. The van der Waals surface area contributed by atoms with Crippen LogP contribution in [0.3, 0.4) is 0 Å². The lowest BCUT2D eigenvalue weighted by Crippen LogP contribution is -2.01. The number of aliphatic hydroxyl groups excluding tert-OH is 1. The van der Waals surface area contributed by atoms with Gasteiger partial charge in [-0.1, -0.05) is 6.07 Å². The predicted octanol–water partition coefficient (Wildman–Crippen LogP) is 1.06. The summed E-state index contributed by atoms with van der Waals surface area (Å²) in [5, 5.41) is 8.44. The van der Waals surface area contributed by atoms with Gasteiger partial charge in [-0.2, -0.15) is 0 Å². The molecule has 1 aromatic carbocycles. The van der Waals surface area contributed by atoms with Crippen LogP contribution in [0.5, 0.6) is 5.75 Å². The molecule has 0 amide bonds. The van der Waals surface area contributed by atoms with Crippen molar-refractivity contribution in [2.24, 2.45) is 0 Å². The summed E-state index contributed by atoms with van der Waals surface area (Å²) in [4.78, 5) is 0. The van der Waals surface area contributed by atoms with Crippen molar-refractivity contribution in [2.75, 3.05) is 18.9 Å². The molecule has 0 saturated carbocycles. The van der Waals surface area contributed by atoms with Gasteiger partial charge in [0, 0.05) is 11.8 Å². The summed E-state index contributed by atoms with van der Waals surface area (Å²) in [6.07, 6.45) is 0. The van der Waals surface area contributed by atoms with Crippen LogP contribution in [0, 0.1) is 0 Å². The molecule has 3 nitrogen and oxygen atoms in total. The Kier molecular flexibility index (Phi) is 5.25. The van der Waals surface area contributed by atoms with E-state index in [0.29, 0.717) is 18.0 Å². The first-order valence-corrected chi connectivity index (χ1v) is 3.42. The Balaban J connectivity index is 0.00000121. The lowest BCUT2D eigenvalue weighted by molar-refractivity contribution is 0.201. The van der Waals surface area contributed by atoms with Gasteiger partial charge in [-0.25, -0.2) is 0 Å². The van der Waals surface area contributed by atoms with Crippen LogP contribution < -0.4 is 10.5 Å². The average molecular weight is 190 g/mol. The van der Waals surface area contributed by atoms with Crippen LogP contribution in [-0.4, -0.2) is 18.3 Å². The zero-order valence-electron chi connectivity index (χ0n) is 6.56. The van der Waals surface area contributed by atoms with Crippen molar-refractivity contribution in [3.05, 3.63) is 24.3 Å². The van der Waals surface area contributed by atoms with Crippen molar-refractivity contribution in [1.29, 1.82) is 0 Å². The second-order valence-electron chi connectivity index (χ2n) is 2.14. The maximum absolute atomic E-state index is 8.44. The number of anilines is 1. The topological polar surface area (TPSA) is 55.5 Å². The average Bonchev–Trinajstić information content (AvgIpc) is 2.01. The Hall–Kier alpha value is -0.930. The monoisotopic (exact) mass is 189 g/mol. The van der Waals surface area contributed by atoms with E-state index in [1.54, 1.807) is 18.2 Å². The van der Waals surface area contributed by atoms with Gasteiger partial charge >= 0.3 is 0 Å². The van der Waals surface area contributed by atoms with Crippen molar-refractivity contribution in [3.8, 4) is 5.75 Å². The molecule has 0 bridgehead atoms. The molecule has 12 heavy (non-hydrogen) atoms. The first-order chi connectivity index (χ1) is 5.33. The summed E-state index contributed by atoms with van der Waals surface area (Å²) in [5.41, 5.74) is 6.15. The number of aliphatic hydroxyl groups is 1. The van der Waals surface area contributed by atoms with Crippen LogP contribution in [0.2, 0.25) is 0 Å². The number of ether oxygens (including phenoxy) is 1. The molecule has 0 aliphatic rings. The maximum Gasteiger partial charge on any atom is 0.121 e. The van der Waals surface area contributed by atoms with Crippen LogP contribution in [0.15, 0.2) is 24.3 Å². The summed E-state index contributed by atoms with van der Waals surface area (Å²) in [6, 6.07) is 7.11. The largest absolute Gasteiger partial charge is 0.491 e. The Labute approximate surface area is 77.6 Å². The third-order valence-electron chi connectivity index (χ3n) is 1.22. The first kappa shape index (κ1) is 11.1. The molecule has 68 valence electrons. The zero-order chi connectivity index (χ0) is 8.10. The van der Waals surface area contributed by atoms with E-state index < -0.39 is 0 Å². The number of hydrogen-bond acceptors (Lipinski definition) is 3. The molecular weight excluding hydrogens is 178 g/mol. The molecule has 0 unspecified atom stereocenters. The van der Waals surface area contributed by atoms with E-state index in [0.717, 1.165) is 0 Å². The molecule has 0 saturated heterocycles. The van der Waals surface area contributed by atoms with Gasteiger partial charge in [0.1, 0.15) is 12.4 Å². The van der Waals surface area contributed by atoms with Crippen molar-refractivity contribution >= 4 is 18.1 Å². The van der Waals surface area contributed by atoms with Crippen molar-refractivity contribution in [2.45, 2.75) is 0 Å². The van der Waals surface area contributed by atoms with Crippen LogP contribution in [-0.2, 0) is 0 Å². The molecule has 1 aromatic rings. The number of nitrogen functional groups attached to an aromatic ring is 1. The Morgan fingerprint density at radius 1 is 1.42 bits per heavy atom. The third kappa shape index (κ3) is 3.46. The van der Waals surface area contributed by atoms with Gasteiger partial charge in [0.25, 0.3) is 0 Å². The minimum absolute atomic E-state index is 0. The number of rotatable bonds is 3. The molecule has 0 spiro atoms. The summed E-state index contributed by atoms with van der Waals surface area (Å²) in [7, 11) is 0. The van der Waals surface area contributed by atoms with E-state index in [9.17, 15) is 0 Å². The maximum atomic E-state index is 8.44. The van der Waals surface area contributed by atoms with E-state index in [-0.39, 0.29) is 19.0 Å². The molecule has 0 heterocycles. The summed E-state index contributed by atoms with van der Waals surface area (Å²) in [5.74, 6) is 0.694. The van der Waals surface area contributed by atoms with E-state index >= 15 is 0 Å². The lowest BCUT2D eigenvalue weighted by Gasteiger charge is -2.03. The summed E-state index contributed by atoms with van der Waals surface area (Å²) < 4.78 is 5.11. The molecule has 0 aliphatic carbocycles. The van der Waals surface area contributed by atoms with E-state index in [2.05, 4.69) is 0 Å². The van der Waals surface area contributed by atoms with Crippen molar-refractivity contribution in [1.82, 2.24) is 0 Å². The van der Waals surface area contributed by atoms with Gasteiger partial charge in [-0.05, 0) is 12.1 Å². The highest BCUT2D eigenvalue weighted by Gasteiger charge is 1.91. The van der Waals surface area contributed by atoms with Crippen LogP contribution in [0.1, 0.15) is 0 Å². The SMILES string of the molecule is Cl.Nc1cccc(OCCO)c1. The molecule has 3 N–H and O–H groups in total. The number of hydrogen-bond donors (Lipinski definition) is 2. The lowest BCUT2D eigenvalue weighted by atomic mass is 10.3. The second kappa shape index (κ2) is 5.69. The minimum Gasteiger partial charge on any atom is -0.491 e. The second-order valence-corrected chi connectivity index (χ2v) is 2.14. The highest BCUT2D eigenvalue weighted by atomic mass is 35.5. The summed E-state index contributed by atoms with van der Waals surface area (Å²) >= 11 is 0. The van der Waals surface area contributed by atoms with Gasteiger partial charge in [-0.3, -0.25) is 0 Å². The normalized spacial score (nSPS) is 8.75.